The summed E-state index contributed by atoms with van der Waals surface area (Å²) in [6, 6.07) is 8.40. The van der Waals surface area contributed by atoms with Crippen molar-refractivity contribution in [3.8, 4) is 0 Å². The number of anilines is 2. The first kappa shape index (κ1) is 11.1. The maximum Gasteiger partial charge on any atom is 0.269 e. The van der Waals surface area contributed by atoms with E-state index in [1.54, 1.807) is 24.5 Å². The third-order valence-corrected chi connectivity index (χ3v) is 2.38. The van der Waals surface area contributed by atoms with E-state index in [9.17, 15) is 10.1 Å². The van der Waals surface area contributed by atoms with E-state index in [0.29, 0.717) is 0 Å². The van der Waals surface area contributed by atoms with Crippen LogP contribution >= 0.6 is 0 Å². The van der Waals surface area contributed by atoms with Gasteiger partial charge in [-0.15, -0.1) is 0 Å². The molecule has 0 spiro atoms. The molecule has 1 aromatic carbocycles. The molecule has 0 saturated heterocycles. The quantitative estimate of drug-likeness (QED) is 0.648. The molecular formula is C12H11N3O2. The highest BCUT2D eigenvalue weighted by Crippen LogP contribution is 2.24. The van der Waals surface area contributed by atoms with Crippen molar-refractivity contribution in [1.29, 1.82) is 0 Å². The van der Waals surface area contributed by atoms with Crippen LogP contribution in [-0.2, 0) is 0 Å². The molecule has 86 valence electrons. The van der Waals surface area contributed by atoms with Crippen LogP contribution < -0.4 is 5.32 Å². The fraction of sp³-hybridized carbons (Fsp3) is 0.0833. The van der Waals surface area contributed by atoms with Gasteiger partial charge in [0, 0.05) is 35.9 Å². The summed E-state index contributed by atoms with van der Waals surface area (Å²) < 4.78 is 0. The van der Waals surface area contributed by atoms with Crippen molar-refractivity contribution in [2.45, 2.75) is 6.92 Å². The Balaban J connectivity index is 2.26. The predicted octanol–water partition coefficient (Wildman–Crippen LogP) is 3.04. The molecule has 0 aliphatic heterocycles. The highest BCUT2D eigenvalue weighted by atomic mass is 16.6. The lowest BCUT2D eigenvalue weighted by Crippen LogP contribution is -1.95. The Morgan fingerprint density at radius 1 is 1.24 bits per heavy atom. The average molecular weight is 229 g/mol. The topological polar surface area (TPSA) is 68.1 Å². The SMILES string of the molecule is Cc1cc([N+](=O)[O-])ccc1Nc1ccncc1. The molecule has 0 bridgehead atoms. The van der Waals surface area contributed by atoms with E-state index >= 15 is 0 Å². The number of hydrogen-bond acceptors (Lipinski definition) is 4. The maximum absolute atomic E-state index is 10.6. The first-order valence-electron chi connectivity index (χ1n) is 5.09. The summed E-state index contributed by atoms with van der Waals surface area (Å²) in [7, 11) is 0. The fourth-order valence-corrected chi connectivity index (χ4v) is 1.49. The lowest BCUT2D eigenvalue weighted by molar-refractivity contribution is -0.384. The lowest BCUT2D eigenvalue weighted by Gasteiger charge is -2.08. The first-order chi connectivity index (χ1) is 8.16. The number of nitro benzene ring substituents is 1. The van der Waals surface area contributed by atoms with Crippen LogP contribution in [0.2, 0.25) is 0 Å². The van der Waals surface area contributed by atoms with E-state index in [-0.39, 0.29) is 5.69 Å². The van der Waals surface area contributed by atoms with Crippen LogP contribution in [0.15, 0.2) is 42.7 Å². The first-order valence-corrected chi connectivity index (χ1v) is 5.09. The molecule has 17 heavy (non-hydrogen) atoms. The van der Waals surface area contributed by atoms with Crippen LogP contribution in [0.1, 0.15) is 5.56 Å². The molecule has 2 rings (SSSR count). The van der Waals surface area contributed by atoms with E-state index in [0.717, 1.165) is 16.9 Å². The normalized spacial score (nSPS) is 9.94. The van der Waals surface area contributed by atoms with Gasteiger partial charge < -0.3 is 5.32 Å². The van der Waals surface area contributed by atoms with Crippen molar-refractivity contribution >= 4 is 17.1 Å². The van der Waals surface area contributed by atoms with Gasteiger partial charge in [-0.25, -0.2) is 0 Å². The summed E-state index contributed by atoms with van der Waals surface area (Å²) in [5.41, 5.74) is 2.68. The molecule has 0 unspecified atom stereocenters. The minimum Gasteiger partial charge on any atom is -0.355 e. The van der Waals surface area contributed by atoms with E-state index in [1.807, 2.05) is 19.1 Å². The Morgan fingerprint density at radius 3 is 2.53 bits per heavy atom. The molecule has 0 aliphatic carbocycles. The number of aryl methyl sites for hydroxylation is 1. The second-order valence-corrected chi connectivity index (χ2v) is 3.62. The molecule has 2 aromatic rings. The number of rotatable bonds is 3. The number of non-ortho nitro benzene ring substituents is 1. The van der Waals surface area contributed by atoms with Gasteiger partial charge >= 0.3 is 0 Å². The molecule has 0 atom stereocenters. The maximum atomic E-state index is 10.6. The van der Waals surface area contributed by atoms with Crippen LogP contribution in [-0.4, -0.2) is 9.91 Å². The van der Waals surface area contributed by atoms with Gasteiger partial charge in [-0.05, 0) is 30.7 Å². The van der Waals surface area contributed by atoms with E-state index in [2.05, 4.69) is 10.3 Å². The van der Waals surface area contributed by atoms with Crippen molar-refractivity contribution in [2.75, 3.05) is 5.32 Å². The largest absolute Gasteiger partial charge is 0.355 e. The second-order valence-electron chi connectivity index (χ2n) is 3.62. The number of hydrogen-bond donors (Lipinski definition) is 1. The number of pyridine rings is 1. The van der Waals surface area contributed by atoms with Crippen LogP contribution in [0.4, 0.5) is 17.1 Å². The van der Waals surface area contributed by atoms with Gasteiger partial charge in [0.1, 0.15) is 0 Å². The number of aromatic nitrogens is 1. The van der Waals surface area contributed by atoms with Gasteiger partial charge in [-0.3, -0.25) is 15.1 Å². The Labute approximate surface area is 98.3 Å². The molecule has 0 aliphatic rings. The summed E-state index contributed by atoms with van der Waals surface area (Å²) in [6.45, 7) is 1.83. The van der Waals surface area contributed by atoms with Gasteiger partial charge in [0.25, 0.3) is 5.69 Å². The Morgan fingerprint density at radius 2 is 1.94 bits per heavy atom. The molecule has 5 heteroatoms. The fourth-order valence-electron chi connectivity index (χ4n) is 1.49. The molecule has 5 nitrogen and oxygen atoms in total. The molecule has 1 N–H and O–H groups in total. The van der Waals surface area contributed by atoms with Crippen molar-refractivity contribution in [3.05, 3.63) is 58.4 Å². The Bertz CT molecular complexity index is 541. The molecule has 1 aromatic heterocycles. The number of nitrogens with one attached hydrogen (secondary N) is 1. The zero-order chi connectivity index (χ0) is 12.3. The van der Waals surface area contributed by atoms with Gasteiger partial charge in [0.2, 0.25) is 0 Å². The second kappa shape index (κ2) is 4.61. The van der Waals surface area contributed by atoms with E-state index in [4.69, 9.17) is 0 Å². The van der Waals surface area contributed by atoms with Crippen LogP contribution in [0.25, 0.3) is 0 Å². The number of benzene rings is 1. The zero-order valence-corrected chi connectivity index (χ0v) is 9.25. The van der Waals surface area contributed by atoms with Crippen LogP contribution in [0.3, 0.4) is 0 Å². The Hall–Kier alpha value is -2.43. The minimum absolute atomic E-state index is 0.0998. The monoisotopic (exact) mass is 229 g/mol. The summed E-state index contributed by atoms with van der Waals surface area (Å²) in [4.78, 5) is 14.1. The summed E-state index contributed by atoms with van der Waals surface area (Å²) in [5, 5.41) is 13.8. The molecule has 0 radical (unpaired) electrons. The molecule has 1 heterocycles. The van der Waals surface area contributed by atoms with Gasteiger partial charge in [0.05, 0.1) is 4.92 Å². The average Bonchev–Trinajstić information content (AvgIpc) is 2.33. The van der Waals surface area contributed by atoms with Crippen molar-refractivity contribution in [1.82, 2.24) is 4.98 Å². The van der Waals surface area contributed by atoms with Crippen LogP contribution in [0, 0.1) is 17.0 Å². The van der Waals surface area contributed by atoms with Crippen LogP contribution in [0.5, 0.6) is 0 Å². The highest BCUT2D eigenvalue weighted by Gasteiger charge is 2.07. The lowest BCUT2D eigenvalue weighted by atomic mass is 10.1. The summed E-state index contributed by atoms with van der Waals surface area (Å²) in [5.74, 6) is 0. The smallest absolute Gasteiger partial charge is 0.269 e. The van der Waals surface area contributed by atoms with E-state index < -0.39 is 4.92 Å². The number of nitro groups is 1. The molecule has 0 fully saturated rings. The third-order valence-electron chi connectivity index (χ3n) is 2.38. The summed E-state index contributed by atoms with van der Waals surface area (Å²) >= 11 is 0. The summed E-state index contributed by atoms with van der Waals surface area (Å²) in [6.07, 6.45) is 3.37. The standard InChI is InChI=1S/C12H11N3O2/c1-9-8-11(15(16)17)2-3-12(9)14-10-4-6-13-7-5-10/h2-8H,1H3,(H,13,14). The van der Waals surface area contributed by atoms with Gasteiger partial charge in [-0.2, -0.15) is 0 Å². The number of nitrogens with zero attached hydrogens (tertiary/aromatic N) is 2. The van der Waals surface area contributed by atoms with Gasteiger partial charge in [-0.1, -0.05) is 0 Å². The molecular weight excluding hydrogens is 218 g/mol. The van der Waals surface area contributed by atoms with Crippen molar-refractivity contribution in [2.24, 2.45) is 0 Å². The predicted molar refractivity (Wildman–Crippen MR) is 65.4 cm³/mol. The Kier molecular flexibility index (Phi) is 3.00. The third kappa shape index (κ3) is 2.57. The van der Waals surface area contributed by atoms with Gasteiger partial charge in [0.15, 0.2) is 0 Å². The zero-order valence-electron chi connectivity index (χ0n) is 9.25. The van der Waals surface area contributed by atoms with Crippen molar-refractivity contribution < 1.29 is 4.92 Å². The van der Waals surface area contributed by atoms with Crippen molar-refractivity contribution in [3.63, 3.8) is 0 Å². The highest BCUT2D eigenvalue weighted by molar-refractivity contribution is 5.64. The molecule has 0 amide bonds. The van der Waals surface area contributed by atoms with E-state index in [1.165, 1.54) is 6.07 Å². The molecule has 0 saturated carbocycles. The minimum atomic E-state index is -0.400.